The molecule has 3 heteroatoms. The van der Waals surface area contributed by atoms with Crippen molar-refractivity contribution in [2.45, 2.75) is 32.7 Å². The van der Waals surface area contributed by atoms with Gasteiger partial charge in [-0.1, -0.05) is 6.92 Å². The van der Waals surface area contributed by atoms with Crippen LogP contribution in [0.3, 0.4) is 0 Å². The molecule has 0 bridgehead atoms. The second-order valence-electron chi connectivity index (χ2n) is 4.81. The van der Waals surface area contributed by atoms with E-state index in [0.29, 0.717) is 5.54 Å². The SMILES string of the molecule is CCN1CCN(CCCN)CC1(C)C. The maximum atomic E-state index is 5.53. The monoisotopic (exact) mass is 199 g/mol. The summed E-state index contributed by atoms with van der Waals surface area (Å²) in [6.45, 7) is 13.7. The third-order valence-electron chi connectivity index (χ3n) is 3.21. The van der Waals surface area contributed by atoms with Crippen molar-refractivity contribution in [3.05, 3.63) is 0 Å². The smallest absolute Gasteiger partial charge is 0.0280 e. The molecule has 0 unspecified atom stereocenters. The molecule has 0 aliphatic carbocycles. The molecule has 0 aromatic heterocycles. The van der Waals surface area contributed by atoms with E-state index in [1.54, 1.807) is 0 Å². The van der Waals surface area contributed by atoms with E-state index in [1.807, 2.05) is 0 Å². The number of nitrogens with two attached hydrogens (primary N) is 1. The fourth-order valence-corrected chi connectivity index (χ4v) is 2.38. The van der Waals surface area contributed by atoms with Crippen molar-refractivity contribution in [1.82, 2.24) is 9.80 Å². The van der Waals surface area contributed by atoms with Crippen molar-refractivity contribution >= 4 is 0 Å². The van der Waals surface area contributed by atoms with E-state index in [-0.39, 0.29) is 0 Å². The number of hydrogen-bond acceptors (Lipinski definition) is 3. The molecule has 0 amide bonds. The Morgan fingerprint density at radius 2 is 2.00 bits per heavy atom. The molecule has 0 saturated carbocycles. The van der Waals surface area contributed by atoms with Gasteiger partial charge in [-0.15, -0.1) is 0 Å². The lowest BCUT2D eigenvalue weighted by atomic mass is 9.99. The Morgan fingerprint density at radius 3 is 2.50 bits per heavy atom. The predicted molar refractivity (Wildman–Crippen MR) is 61.4 cm³/mol. The Hall–Kier alpha value is -0.120. The first-order valence-corrected chi connectivity index (χ1v) is 5.77. The maximum Gasteiger partial charge on any atom is 0.0280 e. The molecule has 14 heavy (non-hydrogen) atoms. The average Bonchev–Trinajstić information content (AvgIpc) is 2.13. The van der Waals surface area contributed by atoms with Crippen LogP contribution in [0.25, 0.3) is 0 Å². The summed E-state index contributed by atoms with van der Waals surface area (Å²) in [4.78, 5) is 5.10. The van der Waals surface area contributed by atoms with Crippen LogP contribution in [0.1, 0.15) is 27.2 Å². The fraction of sp³-hybridized carbons (Fsp3) is 1.00. The molecule has 1 aliphatic heterocycles. The van der Waals surface area contributed by atoms with Crippen LogP contribution >= 0.6 is 0 Å². The molecule has 1 aliphatic rings. The number of hydrogen-bond donors (Lipinski definition) is 1. The van der Waals surface area contributed by atoms with Crippen LogP contribution in [-0.4, -0.2) is 54.6 Å². The quantitative estimate of drug-likeness (QED) is 0.725. The molecule has 0 aromatic rings. The number of nitrogens with zero attached hydrogens (tertiary/aromatic N) is 2. The van der Waals surface area contributed by atoms with Gasteiger partial charge in [-0.3, -0.25) is 4.90 Å². The van der Waals surface area contributed by atoms with Gasteiger partial charge in [0.05, 0.1) is 0 Å². The summed E-state index contributed by atoms with van der Waals surface area (Å²) in [5, 5.41) is 0. The molecule has 1 fully saturated rings. The van der Waals surface area contributed by atoms with Crippen LogP contribution in [0.5, 0.6) is 0 Å². The second-order valence-corrected chi connectivity index (χ2v) is 4.81. The van der Waals surface area contributed by atoms with Crippen molar-refractivity contribution in [2.24, 2.45) is 5.73 Å². The molecule has 2 N–H and O–H groups in total. The minimum atomic E-state index is 0.335. The van der Waals surface area contributed by atoms with Crippen molar-refractivity contribution in [3.8, 4) is 0 Å². The second kappa shape index (κ2) is 5.10. The summed E-state index contributed by atoms with van der Waals surface area (Å²) < 4.78 is 0. The highest BCUT2D eigenvalue weighted by molar-refractivity contribution is 4.89. The van der Waals surface area contributed by atoms with Crippen LogP contribution in [0.15, 0.2) is 0 Å². The van der Waals surface area contributed by atoms with E-state index in [2.05, 4.69) is 30.6 Å². The van der Waals surface area contributed by atoms with Gasteiger partial charge in [0.1, 0.15) is 0 Å². The normalized spacial score (nSPS) is 24.0. The van der Waals surface area contributed by atoms with Crippen LogP contribution < -0.4 is 5.73 Å². The topological polar surface area (TPSA) is 32.5 Å². The van der Waals surface area contributed by atoms with Crippen LogP contribution in [0.2, 0.25) is 0 Å². The number of piperazine rings is 1. The standard InChI is InChI=1S/C11H25N3/c1-4-14-9-8-13(7-5-6-12)10-11(14,2)3/h4-10,12H2,1-3H3. The van der Waals surface area contributed by atoms with E-state index >= 15 is 0 Å². The highest BCUT2D eigenvalue weighted by Crippen LogP contribution is 2.20. The zero-order valence-electron chi connectivity index (χ0n) is 9.92. The Bertz CT molecular complexity index is 168. The lowest BCUT2D eigenvalue weighted by Crippen LogP contribution is -2.59. The molecule has 0 aromatic carbocycles. The summed E-state index contributed by atoms with van der Waals surface area (Å²) in [5.74, 6) is 0. The summed E-state index contributed by atoms with van der Waals surface area (Å²) in [5.41, 5.74) is 5.86. The van der Waals surface area contributed by atoms with Gasteiger partial charge in [-0.2, -0.15) is 0 Å². The molecular weight excluding hydrogens is 174 g/mol. The lowest BCUT2D eigenvalue weighted by Gasteiger charge is -2.47. The van der Waals surface area contributed by atoms with Crippen LogP contribution in [0, 0.1) is 0 Å². The third-order valence-corrected chi connectivity index (χ3v) is 3.21. The van der Waals surface area contributed by atoms with Gasteiger partial charge in [0.25, 0.3) is 0 Å². The Kier molecular flexibility index (Phi) is 4.35. The van der Waals surface area contributed by atoms with Crippen molar-refractivity contribution < 1.29 is 0 Å². The minimum Gasteiger partial charge on any atom is -0.330 e. The van der Waals surface area contributed by atoms with Crippen molar-refractivity contribution in [1.29, 1.82) is 0 Å². The zero-order valence-corrected chi connectivity index (χ0v) is 9.92. The molecule has 1 rings (SSSR count). The highest BCUT2D eigenvalue weighted by atomic mass is 15.3. The van der Waals surface area contributed by atoms with E-state index < -0.39 is 0 Å². The first kappa shape index (κ1) is 12.0. The molecule has 0 radical (unpaired) electrons. The van der Waals surface area contributed by atoms with Gasteiger partial charge in [0.15, 0.2) is 0 Å². The molecule has 3 nitrogen and oxygen atoms in total. The molecule has 1 heterocycles. The first-order valence-electron chi connectivity index (χ1n) is 5.77. The van der Waals surface area contributed by atoms with Gasteiger partial charge in [-0.05, 0) is 39.9 Å². The minimum absolute atomic E-state index is 0.335. The lowest BCUT2D eigenvalue weighted by molar-refractivity contribution is 0.0238. The van der Waals surface area contributed by atoms with E-state index in [1.165, 1.54) is 19.6 Å². The molecule has 84 valence electrons. The van der Waals surface area contributed by atoms with Crippen molar-refractivity contribution in [2.75, 3.05) is 39.3 Å². The van der Waals surface area contributed by atoms with Gasteiger partial charge in [0.2, 0.25) is 0 Å². The van der Waals surface area contributed by atoms with Crippen LogP contribution in [-0.2, 0) is 0 Å². The largest absolute Gasteiger partial charge is 0.330 e. The first-order chi connectivity index (χ1) is 6.60. The number of likely N-dealkylation sites (N-methyl/N-ethyl adjacent to an activating group) is 1. The van der Waals surface area contributed by atoms with E-state index in [4.69, 9.17) is 5.73 Å². The Balaban J connectivity index is 2.41. The molecule has 1 saturated heterocycles. The van der Waals surface area contributed by atoms with E-state index in [9.17, 15) is 0 Å². The summed E-state index contributed by atoms with van der Waals surface area (Å²) in [6.07, 6.45) is 1.13. The maximum absolute atomic E-state index is 5.53. The van der Waals surface area contributed by atoms with Crippen LogP contribution in [0.4, 0.5) is 0 Å². The zero-order chi connectivity index (χ0) is 10.6. The molecule has 0 spiro atoms. The summed E-state index contributed by atoms with van der Waals surface area (Å²) in [7, 11) is 0. The van der Waals surface area contributed by atoms with E-state index in [0.717, 1.165) is 26.1 Å². The van der Waals surface area contributed by atoms with Gasteiger partial charge in [-0.25, -0.2) is 0 Å². The molecular formula is C11H25N3. The fourth-order valence-electron chi connectivity index (χ4n) is 2.38. The highest BCUT2D eigenvalue weighted by Gasteiger charge is 2.31. The number of rotatable bonds is 4. The summed E-state index contributed by atoms with van der Waals surface area (Å²) in [6, 6.07) is 0. The summed E-state index contributed by atoms with van der Waals surface area (Å²) >= 11 is 0. The Morgan fingerprint density at radius 1 is 1.29 bits per heavy atom. The van der Waals surface area contributed by atoms with Crippen molar-refractivity contribution in [3.63, 3.8) is 0 Å². The average molecular weight is 199 g/mol. The molecule has 0 atom stereocenters. The van der Waals surface area contributed by atoms with Gasteiger partial charge < -0.3 is 10.6 Å². The third kappa shape index (κ3) is 2.94. The van der Waals surface area contributed by atoms with Gasteiger partial charge in [0, 0.05) is 25.2 Å². The predicted octanol–water partition coefficient (Wildman–Crippen LogP) is 0.751. The Labute approximate surface area is 88.2 Å². The van der Waals surface area contributed by atoms with Gasteiger partial charge >= 0.3 is 0 Å².